The summed E-state index contributed by atoms with van der Waals surface area (Å²) in [6.07, 6.45) is 0.645. The summed E-state index contributed by atoms with van der Waals surface area (Å²) in [4.78, 5) is 3.16. The van der Waals surface area contributed by atoms with E-state index in [4.69, 9.17) is 10.5 Å². The van der Waals surface area contributed by atoms with E-state index in [1.54, 1.807) is 11.8 Å². The molecule has 6 heteroatoms. The van der Waals surface area contributed by atoms with Crippen LogP contribution < -0.4 is 10.7 Å². The normalized spacial score (nSPS) is 43.5. The van der Waals surface area contributed by atoms with Gasteiger partial charge in [0.25, 0.3) is 10.9 Å². The number of hydrogen-bond acceptors (Lipinski definition) is 5. The Bertz CT molecular complexity index is 789. The van der Waals surface area contributed by atoms with Crippen LogP contribution in [0.2, 0.25) is 0 Å². The van der Waals surface area contributed by atoms with Gasteiger partial charge in [0, 0.05) is 5.75 Å². The number of benzene rings is 1. The molecule has 1 aromatic carbocycles. The zero-order chi connectivity index (χ0) is 16.3. The Morgan fingerprint density at radius 2 is 2.04 bits per heavy atom. The van der Waals surface area contributed by atoms with E-state index < -0.39 is 21.3 Å². The first-order valence-electron chi connectivity index (χ1n) is 7.69. The summed E-state index contributed by atoms with van der Waals surface area (Å²) < 4.78 is 6.00. The van der Waals surface area contributed by atoms with Gasteiger partial charge in [0.05, 0.1) is 24.2 Å². The monoisotopic (exact) mass is 325 g/mol. The molecule has 2 fully saturated rings. The van der Waals surface area contributed by atoms with Crippen LogP contribution in [-0.4, -0.2) is 23.3 Å². The third-order valence-corrected chi connectivity index (χ3v) is 7.11. The number of rotatable bonds is 2. The minimum Gasteiger partial charge on any atom is -0.327 e. The number of fused-ring (bicyclic) bond motifs is 2. The highest BCUT2D eigenvalue weighted by Gasteiger charge is 3.03. The van der Waals surface area contributed by atoms with E-state index in [9.17, 15) is 10.5 Å². The van der Waals surface area contributed by atoms with Gasteiger partial charge >= 0.3 is 0 Å². The van der Waals surface area contributed by atoms with Crippen LogP contribution in [0.3, 0.4) is 0 Å². The summed E-state index contributed by atoms with van der Waals surface area (Å²) in [7, 11) is 0. The maximum atomic E-state index is 10.2. The maximum Gasteiger partial charge on any atom is 0.278 e. The molecule has 1 spiro atoms. The Hall–Kier alpha value is -2.02. The standard InChI is InChI=1S/C17H16N4OS/c1-2-14(12-6-4-3-5-7-12)15(10-18)13(20)21-17(16(14,15)11-19)22-8-9-23-17/h3-7H,2,8-9H2,1H3,(H2,20,21)/p+1/t14-,15-,16+,17+/m0/s1. The molecule has 4 atom stereocenters. The molecule has 5 nitrogen and oxygen atoms in total. The fourth-order valence-electron chi connectivity index (χ4n) is 5.04. The highest BCUT2D eigenvalue weighted by molar-refractivity contribution is 8.00. The molecule has 1 aliphatic carbocycles. The lowest BCUT2D eigenvalue weighted by Crippen LogP contribution is -2.88. The Labute approximate surface area is 139 Å². The molecule has 1 aromatic rings. The maximum absolute atomic E-state index is 10.2. The number of ether oxygens (including phenoxy) is 1. The van der Waals surface area contributed by atoms with Crippen molar-refractivity contribution >= 4 is 17.6 Å². The lowest BCUT2D eigenvalue weighted by molar-refractivity contribution is -0.584. The number of amidine groups is 1. The van der Waals surface area contributed by atoms with Crippen LogP contribution in [0.4, 0.5) is 0 Å². The average Bonchev–Trinajstić information content (AvgIpc) is 2.80. The third kappa shape index (κ3) is 1.15. The molecule has 0 unspecified atom stereocenters. The van der Waals surface area contributed by atoms with Gasteiger partial charge in [-0.15, -0.1) is 0 Å². The summed E-state index contributed by atoms with van der Waals surface area (Å²) in [5.41, 5.74) is 4.54. The summed E-state index contributed by atoms with van der Waals surface area (Å²) >= 11 is 1.55. The van der Waals surface area contributed by atoms with Crippen LogP contribution in [0.5, 0.6) is 0 Å². The number of nitrogens with two attached hydrogens (primary N) is 1. The molecule has 2 aliphatic heterocycles. The first-order valence-corrected chi connectivity index (χ1v) is 8.68. The second-order valence-corrected chi connectivity index (χ2v) is 7.47. The van der Waals surface area contributed by atoms with E-state index in [2.05, 4.69) is 17.1 Å². The highest BCUT2D eigenvalue weighted by Crippen LogP contribution is 2.85. The molecule has 0 amide bonds. The third-order valence-electron chi connectivity index (χ3n) is 5.80. The zero-order valence-corrected chi connectivity index (χ0v) is 13.6. The lowest BCUT2D eigenvalue weighted by atomic mass is 9.81. The topological polar surface area (TPSA) is 96.8 Å². The number of nitriles is 2. The van der Waals surface area contributed by atoms with Gasteiger partial charge in [0.2, 0.25) is 0 Å². The number of thioether (sulfide) groups is 1. The molecule has 0 aromatic heterocycles. The lowest BCUT2D eigenvalue weighted by Gasteiger charge is -2.29. The van der Waals surface area contributed by atoms with E-state index in [0.717, 1.165) is 11.3 Å². The molecule has 4 rings (SSSR count). The Balaban J connectivity index is 2.05. The van der Waals surface area contributed by atoms with Crippen LogP contribution >= 0.6 is 11.8 Å². The molecule has 3 aliphatic rings. The van der Waals surface area contributed by atoms with Gasteiger partial charge in [0.1, 0.15) is 0 Å². The first-order chi connectivity index (χ1) is 11.1. The molecule has 0 bridgehead atoms. The minimum absolute atomic E-state index is 0.363. The molecule has 2 heterocycles. The van der Waals surface area contributed by atoms with Gasteiger partial charge in [-0.1, -0.05) is 49.0 Å². The predicted octanol–water partition coefficient (Wildman–Crippen LogP) is 0.237. The van der Waals surface area contributed by atoms with Crippen molar-refractivity contribution in [3.05, 3.63) is 35.9 Å². The quantitative estimate of drug-likeness (QED) is 0.812. The van der Waals surface area contributed by atoms with Gasteiger partial charge < -0.3 is 4.74 Å². The Morgan fingerprint density at radius 3 is 2.57 bits per heavy atom. The van der Waals surface area contributed by atoms with Gasteiger partial charge in [-0.3, -0.25) is 5.73 Å². The van der Waals surface area contributed by atoms with Gasteiger partial charge in [-0.2, -0.15) is 10.5 Å². The smallest absolute Gasteiger partial charge is 0.278 e. The van der Waals surface area contributed by atoms with Crippen LogP contribution in [-0.2, 0) is 10.2 Å². The van der Waals surface area contributed by atoms with Crippen molar-refractivity contribution in [2.24, 2.45) is 16.6 Å². The molecule has 116 valence electrons. The van der Waals surface area contributed by atoms with Crippen molar-refractivity contribution in [3.8, 4) is 12.1 Å². The molecule has 23 heavy (non-hydrogen) atoms. The van der Waals surface area contributed by atoms with Crippen molar-refractivity contribution in [2.45, 2.75) is 23.8 Å². The van der Waals surface area contributed by atoms with Gasteiger partial charge in [-0.25, -0.2) is 4.99 Å². The second-order valence-electron chi connectivity index (χ2n) is 6.20. The molecule has 1 saturated heterocycles. The van der Waals surface area contributed by atoms with E-state index in [-0.39, 0.29) is 0 Å². The zero-order valence-electron chi connectivity index (χ0n) is 12.8. The Kier molecular flexibility index (Phi) is 2.71. The molecule has 3 N–H and O–H groups in total. The number of nitrogens with one attached hydrogen (secondary N) is 1. The Morgan fingerprint density at radius 1 is 1.30 bits per heavy atom. The largest absolute Gasteiger partial charge is 0.327 e. The SMILES string of the molecule is CC[C@]1(c2ccccc2)[C@]2(C#N)C(N)=[NH+][C@@]3(OCCS3)[C@@]21C#N. The summed E-state index contributed by atoms with van der Waals surface area (Å²) in [5, 5.41) is 19.4. The van der Waals surface area contributed by atoms with Crippen LogP contribution in [0.1, 0.15) is 18.9 Å². The van der Waals surface area contributed by atoms with Crippen molar-refractivity contribution in [2.75, 3.05) is 12.4 Å². The summed E-state index contributed by atoms with van der Waals surface area (Å²) in [5.74, 6) is 1.14. The van der Waals surface area contributed by atoms with Crippen LogP contribution in [0.15, 0.2) is 30.3 Å². The fourth-order valence-corrected chi connectivity index (χ4v) is 6.43. The minimum atomic E-state index is -1.07. The summed E-state index contributed by atoms with van der Waals surface area (Å²) in [6, 6.07) is 14.7. The average molecular weight is 325 g/mol. The van der Waals surface area contributed by atoms with E-state index in [0.29, 0.717) is 18.9 Å². The second kappa shape index (κ2) is 4.29. The van der Waals surface area contributed by atoms with Gasteiger partial charge in [0.15, 0.2) is 10.8 Å². The van der Waals surface area contributed by atoms with Crippen molar-refractivity contribution in [1.29, 1.82) is 10.5 Å². The highest BCUT2D eigenvalue weighted by atomic mass is 32.2. The van der Waals surface area contributed by atoms with Crippen molar-refractivity contribution in [1.82, 2.24) is 0 Å². The van der Waals surface area contributed by atoms with Crippen molar-refractivity contribution < 1.29 is 9.73 Å². The van der Waals surface area contributed by atoms with E-state index in [1.807, 2.05) is 37.3 Å². The number of nitrogens with zero attached hydrogens (tertiary/aromatic N) is 2. The predicted molar refractivity (Wildman–Crippen MR) is 85.8 cm³/mol. The fraction of sp³-hybridized carbons (Fsp3) is 0.471. The molecular formula is C17H17N4OS+. The number of hydrogen-bond donors (Lipinski definition) is 2. The van der Waals surface area contributed by atoms with E-state index in [1.165, 1.54) is 0 Å². The van der Waals surface area contributed by atoms with Crippen LogP contribution in [0, 0.1) is 33.5 Å². The molecule has 0 radical (unpaired) electrons. The summed E-state index contributed by atoms with van der Waals surface area (Å²) in [6.45, 7) is 2.56. The van der Waals surface area contributed by atoms with E-state index >= 15 is 0 Å². The van der Waals surface area contributed by atoms with Crippen molar-refractivity contribution in [3.63, 3.8) is 0 Å². The van der Waals surface area contributed by atoms with Gasteiger partial charge in [-0.05, 0) is 12.0 Å². The molecular weight excluding hydrogens is 308 g/mol. The first kappa shape index (κ1) is 14.6. The van der Waals surface area contributed by atoms with Crippen LogP contribution in [0.25, 0.3) is 0 Å². The molecule has 1 saturated carbocycles.